The highest BCUT2D eigenvalue weighted by Crippen LogP contribution is 2.23. The van der Waals surface area contributed by atoms with Crippen molar-refractivity contribution in [1.82, 2.24) is 20.2 Å². The minimum absolute atomic E-state index is 0.254. The second kappa shape index (κ2) is 5.00. The summed E-state index contributed by atoms with van der Waals surface area (Å²) in [5.41, 5.74) is 6.90. The standard InChI is InChI=1S/C10H11Cl2N5/c1-17-15-10(14-16-17)5-9(13)6-2-7(11)4-8(12)3-6/h2-4,9H,5,13H2,1H3. The Bertz CT molecular complexity index is 505. The number of nitrogens with two attached hydrogens (primary N) is 1. The Morgan fingerprint density at radius 3 is 2.47 bits per heavy atom. The maximum atomic E-state index is 6.04. The molecule has 1 aromatic carbocycles. The van der Waals surface area contributed by atoms with E-state index in [1.165, 1.54) is 4.80 Å². The van der Waals surface area contributed by atoms with Crippen molar-refractivity contribution in [3.05, 3.63) is 39.6 Å². The molecule has 5 nitrogen and oxygen atoms in total. The van der Waals surface area contributed by atoms with Crippen molar-refractivity contribution < 1.29 is 0 Å². The van der Waals surface area contributed by atoms with Crippen molar-refractivity contribution in [3.8, 4) is 0 Å². The van der Waals surface area contributed by atoms with Crippen molar-refractivity contribution in [1.29, 1.82) is 0 Å². The van der Waals surface area contributed by atoms with E-state index in [2.05, 4.69) is 15.4 Å². The minimum atomic E-state index is -0.254. The van der Waals surface area contributed by atoms with E-state index in [1.54, 1.807) is 25.2 Å². The molecule has 1 heterocycles. The van der Waals surface area contributed by atoms with E-state index in [9.17, 15) is 0 Å². The van der Waals surface area contributed by atoms with E-state index in [0.29, 0.717) is 22.3 Å². The topological polar surface area (TPSA) is 69.6 Å². The van der Waals surface area contributed by atoms with Gasteiger partial charge in [-0.1, -0.05) is 23.2 Å². The van der Waals surface area contributed by atoms with Crippen LogP contribution in [0.4, 0.5) is 0 Å². The first-order chi connectivity index (χ1) is 8.04. The monoisotopic (exact) mass is 271 g/mol. The molecular weight excluding hydrogens is 261 g/mol. The quantitative estimate of drug-likeness (QED) is 0.924. The normalized spacial score (nSPS) is 12.7. The Hall–Kier alpha value is -1.17. The number of halogens is 2. The van der Waals surface area contributed by atoms with Gasteiger partial charge in [-0.15, -0.1) is 10.2 Å². The van der Waals surface area contributed by atoms with Gasteiger partial charge in [0.1, 0.15) is 0 Å². The molecular formula is C10H11Cl2N5. The minimum Gasteiger partial charge on any atom is -0.324 e. The number of rotatable bonds is 3. The van der Waals surface area contributed by atoms with Crippen LogP contribution in [0.3, 0.4) is 0 Å². The van der Waals surface area contributed by atoms with Gasteiger partial charge in [-0.05, 0) is 29.0 Å². The number of hydrogen-bond acceptors (Lipinski definition) is 4. The smallest absolute Gasteiger partial charge is 0.176 e. The number of hydrogen-bond donors (Lipinski definition) is 1. The number of aryl methyl sites for hydroxylation is 1. The molecule has 0 saturated heterocycles. The summed E-state index contributed by atoms with van der Waals surface area (Å²) in [7, 11) is 1.71. The van der Waals surface area contributed by atoms with Crippen LogP contribution in [0.2, 0.25) is 10.0 Å². The molecule has 1 unspecified atom stereocenters. The van der Waals surface area contributed by atoms with Crippen LogP contribution in [-0.2, 0) is 13.5 Å². The Balaban J connectivity index is 2.16. The van der Waals surface area contributed by atoms with Crippen LogP contribution in [-0.4, -0.2) is 20.2 Å². The maximum Gasteiger partial charge on any atom is 0.176 e. The fourth-order valence-electron chi connectivity index (χ4n) is 1.51. The Morgan fingerprint density at radius 2 is 1.94 bits per heavy atom. The summed E-state index contributed by atoms with van der Waals surface area (Å²) in [5, 5.41) is 12.8. The van der Waals surface area contributed by atoms with Gasteiger partial charge in [0.25, 0.3) is 0 Å². The van der Waals surface area contributed by atoms with Crippen LogP contribution in [0.1, 0.15) is 17.4 Å². The zero-order chi connectivity index (χ0) is 12.4. The molecule has 2 aromatic rings. The highest BCUT2D eigenvalue weighted by molar-refractivity contribution is 6.34. The average molecular weight is 272 g/mol. The summed E-state index contributed by atoms with van der Waals surface area (Å²) in [4.78, 5) is 1.40. The van der Waals surface area contributed by atoms with E-state index >= 15 is 0 Å². The van der Waals surface area contributed by atoms with E-state index in [1.807, 2.05) is 0 Å². The number of aromatic nitrogens is 4. The van der Waals surface area contributed by atoms with Gasteiger partial charge in [-0.2, -0.15) is 4.80 Å². The maximum absolute atomic E-state index is 6.04. The fourth-order valence-corrected chi connectivity index (χ4v) is 2.05. The highest BCUT2D eigenvalue weighted by Gasteiger charge is 2.12. The molecule has 7 heteroatoms. The third-order valence-electron chi connectivity index (χ3n) is 2.27. The summed E-state index contributed by atoms with van der Waals surface area (Å²) in [6, 6.07) is 4.98. The Kier molecular flexibility index (Phi) is 3.61. The van der Waals surface area contributed by atoms with E-state index in [0.717, 1.165) is 5.56 Å². The molecule has 0 bridgehead atoms. The second-order valence-corrected chi connectivity index (χ2v) is 4.58. The van der Waals surface area contributed by atoms with Gasteiger partial charge in [0.15, 0.2) is 5.82 Å². The molecule has 0 fully saturated rings. The van der Waals surface area contributed by atoms with E-state index in [4.69, 9.17) is 28.9 Å². The summed E-state index contributed by atoms with van der Waals surface area (Å²) >= 11 is 11.8. The van der Waals surface area contributed by atoms with Gasteiger partial charge in [0.05, 0.1) is 7.05 Å². The van der Waals surface area contributed by atoms with Crippen LogP contribution in [0.25, 0.3) is 0 Å². The fraction of sp³-hybridized carbons (Fsp3) is 0.300. The molecule has 90 valence electrons. The predicted molar refractivity (Wildman–Crippen MR) is 65.9 cm³/mol. The molecule has 0 aliphatic carbocycles. The molecule has 1 atom stereocenters. The van der Waals surface area contributed by atoms with Crippen LogP contribution in [0.5, 0.6) is 0 Å². The summed E-state index contributed by atoms with van der Waals surface area (Å²) in [6.07, 6.45) is 0.491. The largest absolute Gasteiger partial charge is 0.324 e. The average Bonchev–Trinajstić information content (AvgIpc) is 2.62. The molecule has 0 amide bonds. The first-order valence-electron chi connectivity index (χ1n) is 4.99. The lowest BCUT2D eigenvalue weighted by molar-refractivity contribution is 0.622. The van der Waals surface area contributed by atoms with Gasteiger partial charge in [-0.25, -0.2) is 0 Å². The highest BCUT2D eigenvalue weighted by atomic mass is 35.5. The molecule has 0 radical (unpaired) electrons. The summed E-state index contributed by atoms with van der Waals surface area (Å²) < 4.78 is 0. The first-order valence-corrected chi connectivity index (χ1v) is 5.74. The third-order valence-corrected chi connectivity index (χ3v) is 2.70. The first kappa shape index (κ1) is 12.3. The van der Waals surface area contributed by atoms with Gasteiger partial charge >= 0.3 is 0 Å². The lowest BCUT2D eigenvalue weighted by atomic mass is 10.0. The van der Waals surface area contributed by atoms with Gasteiger partial charge in [-0.3, -0.25) is 0 Å². The van der Waals surface area contributed by atoms with Crippen LogP contribution in [0, 0.1) is 0 Å². The van der Waals surface area contributed by atoms with Crippen molar-refractivity contribution in [2.45, 2.75) is 12.5 Å². The van der Waals surface area contributed by atoms with E-state index < -0.39 is 0 Å². The lowest BCUT2D eigenvalue weighted by Gasteiger charge is -2.10. The molecule has 17 heavy (non-hydrogen) atoms. The molecule has 2 N–H and O–H groups in total. The molecule has 0 saturated carbocycles. The van der Waals surface area contributed by atoms with Crippen LogP contribution in [0.15, 0.2) is 18.2 Å². The molecule has 0 aliphatic heterocycles. The number of benzene rings is 1. The van der Waals surface area contributed by atoms with Gasteiger partial charge < -0.3 is 5.73 Å². The van der Waals surface area contributed by atoms with Crippen molar-refractivity contribution in [2.24, 2.45) is 12.8 Å². The van der Waals surface area contributed by atoms with Crippen molar-refractivity contribution >= 4 is 23.2 Å². The van der Waals surface area contributed by atoms with Crippen LogP contribution < -0.4 is 5.73 Å². The molecule has 0 aliphatic rings. The third kappa shape index (κ3) is 3.15. The zero-order valence-corrected chi connectivity index (χ0v) is 10.7. The predicted octanol–water partition coefficient (Wildman–Crippen LogP) is 1.76. The molecule has 0 spiro atoms. The number of nitrogens with zero attached hydrogens (tertiary/aromatic N) is 4. The molecule has 2 rings (SSSR count). The summed E-state index contributed by atoms with van der Waals surface area (Å²) in [6.45, 7) is 0. The van der Waals surface area contributed by atoms with Crippen LogP contribution >= 0.6 is 23.2 Å². The SMILES string of the molecule is Cn1nnc(CC(N)c2cc(Cl)cc(Cl)c2)n1. The van der Waals surface area contributed by atoms with E-state index in [-0.39, 0.29) is 6.04 Å². The zero-order valence-electron chi connectivity index (χ0n) is 9.14. The Labute approximate surface area is 109 Å². The van der Waals surface area contributed by atoms with Crippen molar-refractivity contribution in [2.75, 3.05) is 0 Å². The number of tetrazole rings is 1. The summed E-state index contributed by atoms with van der Waals surface area (Å²) in [5.74, 6) is 0.594. The Morgan fingerprint density at radius 1 is 1.29 bits per heavy atom. The molecule has 1 aromatic heterocycles. The van der Waals surface area contributed by atoms with Crippen molar-refractivity contribution in [3.63, 3.8) is 0 Å². The van der Waals surface area contributed by atoms with Gasteiger partial charge in [0, 0.05) is 22.5 Å². The van der Waals surface area contributed by atoms with Gasteiger partial charge in [0.2, 0.25) is 0 Å². The lowest BCUT2D eigenvalue weighted by Crippen LogP contribution is -2.14. The second-order valence-electron chi connectivity index (χ2n) is 3.71.